The lowest BCUT2D eigenvalue weighted by molar-refractivity contribution is -0.137. The van der Waals surface area contributed by atoms with Gasteiger partial charge in [-0.05, 0) is 60.1 Å². The molecule has 0 saturated carbocycles. The van der Waals surface area contributed by atoms with Gasteiger partial charge in [0.2, 0.25) is 5.91 Å². The Morgan fingerprint density at radius 2 is 1.82 bits per heavy atom. The van der Waals surface area contributed by atoms with Crippen LogP contribution in [0.3, 0.4) is 0 Å². The van der Waals surface area contributed by atoms with Crippen LogP contribution in [0, 0.1) is 6.92 Å². The molecule has 1 amide bonds. The summed E-state index contributed by atoms with van der Waals surface area (Å²) in [5.74, 6) is -0.380. The molecule has 1 aromatic heterocycles. The molecule has 4 nitrogen and oxygen atoms in total. The van der Waals surface area contributed by atoms with E-state index in [2.05, 4.69) is 15.3 Å². The summed E-state index contributed by atoms with van der Waals surface area (Å²) in [5, 5.41) is 3.36. The van der Waals surface area contributed by atoms with Crippen LogP contribution >= 0.6 is 11.8 Å². The van der Waals surface area contributed by atoms with E-state index in [4.69, 9.17) is 0 Å². The van der Waals surface area contributed by atoms with Crippen LogP contribution in [0.25, 0.3) is 0 Å². The predicted molar refractivity (Wildman–Crippen MR) is 101 cm³/mol. The van der Waals surface area contributed by atoms with Gasteiger partial charge < -0.3 is 5.32 Å². The Bertz CT molecular complexity index is 978. The van der Waals surface area contributed by atoms with Crippen molar-refractivity contribution in [1.29, 1.82) is 0 Å². The first-order chi connectivity index (χ1) is 13.3. The van der Waals surface area contributed by atoms with Crippen molar-refractivity contribution in [2.24, 2.45) is 0 Å². The Morgan fingerprint density at radius 1 is 1.07 bits per heavy atom. The molecule has 0 fully saturated rings. The van der Waals surface area contributed by atoms with Crippen LogP contribution in [0.4, 0.5) is 18.9 Å². The molecule has 1 heterocycles. The van der Waals surface area contributed by atoms with Crippen molar-refractivity contribution >= 4 is 23.4 Å². The molecule has 0 radical (unpaired) electrons. The molecule has 0 aliphatic heterocycles. The molecule has 0 aliphatic rings. The maximum Gasteiger partial charge on any atom is 0.416 e. The van der Waals surface area contributed by atoms with Crippen LogP contribution in [0.1, 0.15) is 16.7 Å². The number of nitrogens with one attached hydrogen (secondary N) is 1. The van der Waals surface area contributed by atoms with Crippen molar-refractivity contribution in [1.82, 2.24) is 9.97 Å². The zero-order valence-electron chi connectivity index (χ0n) is 14.8. The summed E-state index contributed by atoms with van der Waals surface area (Å²) in [6, 6.07) is 12.0. The minimum absolute atomic E-state index is 0.141. The Hall–Kier alpha value is -2.87. The summed E-state index contributed by atoms with van der Waals surface area (Å²) in [5.41, 5.74) is 0.977. The highest BCUT2D eigenvalue weighted by Gasteiger charge is 2.30. The van der Waals surface area contributed by atoms with Crippen molar-refractivity contribution in [2.45, 2.75) is 29.6 Å². The number of rotatable bonds is 5. The lowest BCUT2D eigenvalue weighted by Gasteiger charge is -2.11. The minimum Gasteiger partial charge on any atom is -0.326 e. The first-order valence-electron chi connectivity index (χ1n) is 8.33. The molecule has 8 heteroatoms. The van der Waals surface area contributed by atoms with E-state index in [1.165, 1.54) is 23.9 Å². The quantitative estimate of drug-likeness (QED) is 0.600. The number of aromatic nitrogens is 2. The summed E-state index contributed by atoms with van der Waals surface area (Å²) >= 11 is 1.39. The second-order valence-electron chi connectivity index (χ2n) is 6.03. The first kappa shape index (κ1) is 19.9. The van der Waals surface area contributed by atoms with Crippen LogP contribution in [0.5, 0.6) is 0 Å². The van der Waals surface area contributed by atoms with Gasteiger partial charge in [-0.3, -0.25) is 4.79 Å². The minimum atomic E-state index is -4.43. The monoisotopic (exact) mass is 403 g/mol. The zero-order chi connectivity index (χ0) is 20.1. The summed E-state index contributed by atoms with van der Waals surface area (Å²) in [7, 11) is 0. The van der Waals surface area contributed by atoms with E-state index in [0.717, 1.165) is 22.6 Å². The molecular weight excluding hydrogens is 387 g/mol. The molecular formula is C20H16F3N3OS. The number of alkyl halides is 3. The maximum absolute atomic E-state index is 12.8. The van der Waals surface area contributed by atoms with Gasteiger partial charge in [0.25, 0.3) is 0 Å². The maximum atomic E-state index is 12.8. The first-order valence-corrected chi connectivity index (χ1v) is 9.14. The van der Waals surface area contributed by atoms with Gasteiger partial charge in [-0.25, -0.2) is 9.97 Å². The third-order valence-electron chi connectivity index (χ3n) is 3.84. The number of nitrogens with zero attached hydrogens (tertiary/aromatic N) is 2. The van der Waals surface area contributed by atoms with Crippen LogP contribution in [0.15, 0.2) is 71.0 Å². The second kappa shape index (κ2) is 8.43. The third kappa shape index (κ3) is 5.32. The normalized spacial score (nSPS) is 11.3. The van der Waals surface area contributed by atoms with Crippen molar-refractivity contribution in [3.05, 3.63) is 77.6 Å². The van der Waals surface area contributed by atoms with Crippen LogP contribution in [-0.2, 0) is 17.4 Å². The Labute approximate surface area is 164 Å². The average molecular weight is 403 g/mol. The molecule has 0 aliphatic carbocycles. The van der Waals surface area contributed by atoms with Gasteiger partial charge in [0.05, 0.1) is 12.0 Å². The zero-order valence-corrected chi connectivity index (χ0v) is 15.6. The van der Waals surface area contributed by atoms with Gasteiger partial charge in [0.15, 0.2) is 5.16 Å². The van der Waals surface area contributed by atoms with Gasteiger partial charge in [-0.1, -0.05) is 18.2 Å². The fourth-order valence-electron chi connectivity index (χ4n) is 2.52. The molecule has 1 N–H and O–H groups in total. The highest BCUT2D eigenvalue weighted by Crippen LogP contribution is 2.30. The SMILES string of the molecule is Cc1cc(Sc2ncccn2)ccc1NC(=O)Cc1cccc(C(F)(F)F)c1. The van der Waals surface area contributed by atoms with E-state index in [1.54, 1.807) is 24.5 Å². The molecule has 0 spiro atoms. The van der Waals surface area contributed by atoms with E-state index in [0.29, 0.717) is 16.4 Å². The molecule has 0 bridgehead atoms. The van der Waals surface area contributed by atoms with Gasteiger partial charge in [-0.15, -0.1) is 0 Å². The Kier molecular flexibility index (Phi) is 5.99. The number of halogens is 3. The van der Waals surface area contributed by atoms with E-state index in [-0.39, 0.29) is 12.3 Å². The summed E-state index contributed by atoms with van der Waals surface area (Å²) in [6.07, 6.45) is -1.26. The summed E-state index contributed by atoms with van der Waals surface area (Å²) < 4.78 is 38.4. The number of hydrogen-bond acceptors (Lipinski definition) is 4. The number of carbonyl (C=O) groups is 1. The molecule has 2 aromatic carbocycles. The van der Waals surface area contributed by atoms with Gasteiger partial charge in [-0.2, -0.15) is 13.2 Å². The standard InChI is InChI=1S/C20H16F3N3OS/c1-13-10-16(28-19-24-8-3-9-25-19)6-7-17(13)26-18(27)12-14-4-2-5-15(11-14)20(21,22)23/h2-11H,12H2,1H3,(H,26,27). The highest BCUT2D eigenvalue weighted by molar-refractivity contribution is 7.99. The number of carbonyl (C=O) groups excluding carboxylic acids is 1. The molecule has 144 valence electrons. The number of amides is 1. The fourth-order valence-corrected chi connectivity index (χ4v) is 3.33. The number of hydrogen-bond donors (Lipinski definition) is 1. The van der Waals surface area contributed by atoms with Crippen molar-refractivity contribution < 1.29 is 18.0 Å². The Balaban J connectivity index is 1.66. The van der Waals surface area contributed by atoms with Crippen molar-refractivity contribution in [3.63, 3.8) is 0 Å². The largest absolute Gasteiger partial charge is 0.416 e. The van der Waals surface area contributed by atoms with E-state index in [1.807, 2.05) is 19.1 Å². The Morgan fingerprint density at radius 3 is 2.50 bits per heavy atom. The third-order valence-corrected chi connectivity index (χ3v) is 4.73. The van der Waals surface area contributed by atoms with Gasteiger partial charge in [0.1, 0.15) is 0 Å². The van der Waals surface area contributed by atoms with Crippen LogP contribution in [-0.4, -0.2) is 15.9 Å². The van der Waals surface area contributed by atoms with E-state index >= 15 is 0 Å². The molecule has 0 unspecified atom stereocenters. The van der Waals surface area contributed by atoms with Gasteiger partial charge >= 0.3 is 6.18 Å². The average Bonchev–Trinajstić information content (AvgIpc) is 2.64. The molecule has 3 aromatic rings. The fraction of sp³-hybridized carbons (Fsp3) is 0.150. The lowest BCUT2D eigenvalue weighted by atomic mass is 10.1. The van der Waals surface area contributed by atoms with Crippen molar-refractivity contribution in [3.8, 4) is 0 Å². The topological polar surface area (TPSA) is 54.9 Å². The molecule has 28 heavy (non-hydrogen) atoms. The highest BCUT2D eigenvalue weighted by atomic mass is 32.2. The number of benzene rings is 2. The predicted octanol–water partition coefficient (Wildman–Crippen LogP) is 5.14. The number of aryl methyl sites for hydroxylation is 1. The summed E-state index contributed by atoms with van der Waals surface area (Å²) in [4.78, 5) is 21.5. The van der Waals surface area contributed by atoms with Crippen molar-refractivity contribution in [2.75, 3.05) is 5.32 Å². The number of anilines is 1. The van der Waals surface area contributed by atoms with E-state index in [9.17, 15) is 18.0 Å². The molecule has 0 atom stereocenters. The second-order valence-corrected chi connectivity index (χ2v) is 7.07. The summed E-state index contributed by atoms with van der Waals surface area (Å²) in [6.45, 7) is 1.84. The molecule has 0 saturated heterocycles. The lowest BCUT2D eigenvalue weighted by Crippen LogP contribution is -2.15. The van der Waals surface area contributed by atoms with E-state index < -0.39 is 11.7 Å². The smallest absolute Gasteiger partial charge is 0.326 e. The molecule has 3 rings (SSSR count). The van der Waals surface area contributed by atoms with Crippen LogP contribution in [0.2, 0.25) is 0 Å². The van der Waals surface area contributed by atoms with Gasteiger partial charge in [0, 0.05) is 23.0 Å². The van der Waals surface area contributed by atoms with Crippen LogP contribution < -0.4 is 5.32 Å².